The third-order valence-corrected chi connectivity index (χ3v) is 4.62. The summed E-state index contributed by atoms with van der Waals surface area (Å²) in [4.78, 5) is 12.0. The first-order valence-corrected chi connectivity index (χ1v) is 8.03. The Kier molecular flexibility index (Phi) is 4.36. The van der Waals surface area contributed by atoms with Gasteiger partial charge in [0.15, 0.2) is 5.66 Å². The zero-order valence-corrected chi connectivity index (χ0v) is 13.3. The summed E-state index contributed by atoms with van der Waals surface area (Å²) in [7, 11) is 0. The average Bonchev–Trinajstić information content (AvgIpc) is 3.43. The van der Waals surface area contributed by atoms with Gasteiger partial charge in [-0.1, -0.05) is 17.7 Å². The second-order valence-electron chi connectivity index (χ2n) is 6.08. The van der Waals surface area contributed by atoms with E-state index < -0.39 is 11.5 Å². The minimum absolute atomic E-state index is 0.0238. The Morgan fingerprint density at radius 1 is 1.48 bits per heavy atom. The number of rotatable bonds is 7. The van der Waals surface area contributed by atoms with E-state index in [2.05, 4.69) is 21.5 Å². The lowest BCUT2D eigenvalue weighted by atomic mass is 10.0. The number of terminal acetylenes is 1. The zero-order valence-electron chi connectivity index (χ0n) is 12.6. The lowest BCUT2D eigenvalue weighted by Gasteiger charge is -2.09. The fraction of sp³-hybridized carbons (Fsp3) is 0.471. The van der Waals surface area contributed by atoms with Crippen LogP contribution in [0.15, 0.2) is 28.4 Å². The Balaban J connectivity index is 1.43. The van der Waals surface area contributed by atoms with E-state index in [1.54, 1.807) is 12.1 Å². The van der Waals surface area contributed by atoms with Gasteiger partial charge < -0.3 is 5.32 Å². The van der Waals surface area contributed by atoms with Gasteiger partial charge in [-0.25, -0.2) is 4.39 Å². The quantitative estimate of drug-likeness (QED) is 0.758. The number of carbonyl (C=O) groups is 1. The molecule has 1 saturated carbocycles. The van der Waals surface area contributed by atoms with Gasteiger partial charge in [-0.05, 0) is 24.1 Å². The van der Waals surface area contributed by atoms with E-state index in [0.717, 1.165) is 12.0 Å². The Labute approximate surface area is 139 Å². The van der Waals surface area contributed by atoms with Crippen molar-refractivity contribution < 1.29 is 9.18 Å². The van der Waals surface area contributed by atoms with Gasteiger partial charge in [-0.3, -0.25) is 4.79 Å². The van der Waals surface area contributed by atoms with Crippen molar-refractivity contribution in [3.8, 4) is 12.3 Å². The molecule has 1 aromatic rings. The summed E-state index contributed by atoms with van der Waals surface area (Å²) >= 11 is 5.68. The van der Waals surface area contributed by atoms with Gasteiger partial charge >= 0.3 is 0 Å². The number of carbonyl (C=O) groups excluding carboxylic acids is 1. The van der Waals surface area contributed by atoms with E-state index in [0.29, 0.717) is 25.7 Å². The topological polar surface area (TPSA) is 53.8 Å². The van der Waals surface area contributed by atoms with Crippen molar-refractivity contribution in [2.24, 2.45) is 10.2 Å². The summed E-state index contributed by atoms with van der Waals surface area (Å²) in [6.45, 7) is 0. The minimum Gasteiger partial charge on any atom is -0.353 e. The van der Waals surface area contributed by atoms with E-state index in [1.807, 2.05) is 0 Å². The molecule has 0 saturated heterocycles. The molecule has 2 atom stereocenters. The smallest absolute Gasteiger partial charge is 0.220 e. The number of nitrogens with zero attached hydrogens (tertiary/aromatic N) is 2. The van der Waals surface area contributed by atoms with Crippen molar-refractivity contribution in [2.75, 3.05) is 0 Å². The van der Waals surface area contributed by atoms with Crippen LogP contribution >= 0.6 is 11.6 Å². The molecule has 23 heavy (non-hydrogen) atoms. The summed E-state index contributed by atoms with van der Waals surface area (Å²) in [6, 6.07) is 4.86. The van der Waals surface area contributed by atoms with Crippen molar-refractivity contribution >= 4 is 17.5 Å². The van der Waals surface area contributed by atoms with Crippen LogP contribution in [0.3, 0.4) is 0 Å². The number of benzene rings is 1. The molecule has 2 aliphatic rings. The standard InChI is InChI=1S/C17H17ClFN3O/c1-2-3-7-17(21-22-17)8-6-16(23)20-15-10-12(15)11-4-5-13(18)14(19)9-11/h1,4-5,9,12,15H,3,6-8,10H2,(H,20,23)/t12-,15+/m0/s1. The van der Waals surface area contributed by atoms with Crippen LogP contribution in [-0.2, 0) is 4.79 Å². The van der Waals surface area contributed by atoms with Crippen LogP contribution < -0.4 is 5.32 Å². The Hall–Kier alpha value is -1.93. The monoisotopic (exact) mass is 333 g/mol. The number of halogens is 2. The predicted molar refractivity (Wildman–Crippen MR) is 85.6 cm³/mol. The van der Waals surface area contributed by atoms with Gasteiger partial charge in [-0.2, -0.15) is 10.2 Å². The largest absolute Gasteiger partial charge is 0.353 e. The summed E-state index contributed by atoms with van der Waals surface area (Å²) in [5.41, 5.74) is 0.446. The highest BCUT2D eigenvalue weighted by Gasteiger charge is 2.42. The van der Waals surface area contributed by atoms with E-state index in [4.69, 9.17) is 18.0 Å². The SMILES string of the molecule is C#CCCC1(CCC(=O)N[C@@H]2C[C@H]2c2ccc(Cl)c(F)c2)N=N1. The van der Waals surface area contributed by atoms with Crippen LogP contribution in [0.5, 0.6) is 0 Å². The van der Waals surface area contributed by atoms with Crippen LogP contribution in [-0.4, -0.2) is 17.6 Å². The number of hydrogen-bond donors (Lipinski definition) is 1. The van der Waals surface area contributed by atoms with E-state index in [-0.39, 0.29) is 22.9 Å². The number of hydrogen-bond acceptors (Lipinski definition) is 3. The predicted octanol–water partition coefficient (Wildman–Crippen LogP) is 3.81. The number of nitrogens with one attached hydrogen (secondary N) is 1. The van der Waals surface area contributed by atoms with E-state index in [9.17, 15) is 9.18 Å². The van der Waals surface area contributed by atoms with Crippen LogP contribution in [0.1, 0.15) is 43.6 Å². The van der Waals surface area contributed by atoms with Crippen molar-refractivity contribution in [1.82, 2.24) is 5.32 Å². The zero-order chi connectivity index (χ0) is 16.4. The molecule has 1 fully saturated rings. The lowest BCUT2D eigenvalue weighted by molar-refractivity contribution is -0.121. The molecule has 0 bridgehead atoms. The first kappa shape index (κ1) is 15.9. The van der Waals surface area contributed by atoms with E-state index in [1.165, 1.54) is 6.07 Å². The molecule has 1 amide bonds. The van der Waals surface area contributed by atoms with Gasteiger partial charge in [0.05, 0.1) is 5.02 Å². The summed E-state index contributed by atoms with van der Waals surface area (Å²) in [5.74, 6) is 2.28. The molecule has 1 N–H and O–H groups in total. The molecule has 1 aliphatic heterocycles. The fourth-order valence-electron chi connectivity index (χ4n) is 2.73. The number of amides is 1. The molecule has 6 heteroatoms. The highest BCUT2D eigenvalue weighted by Crippen LogP contribution is 2.42. The molecule has 120 valence electrons. The Morgan fingerprint density at radius 2 is 2.26 bits per heavy atom. The molecular formula is C17H17ClFN3O. The maximum atomic E-state index is 13.5. The Bertz CT molecular complexity index is 692. The van der Waals surface area contributed by atoms with Crippen LogP contribution in [0, 0.1) is 18.2 Å². The molecule has 1 heterocycles. The molecule has 0 radical (unpaired) electrons. The molecule has 4 nitrogen and oxygen atoms in total. The van der Waals surface area contributed by atoms with Gasteiger partial charge in [0.1, 0.15) is 5.82 Å². The van der Waals surface area contributed by atoms with Crippen LogP contribution in [0.2, 0.25) is 5.02 Å². The first-order chi connectivity index (χ1) is 11.0. The molecule has 0 unspecified atom stereocenters. The third-order valence-electron chi connectivity index (χ3n) is 4.31. The van der Waals surface area contributed by atoms with Crippen LogP contribution in [0.25, 0.3) is 0 Å². The maximum absolute atomic E-state index is 13.5. The van der Waals surface area contributed by atoms with E-state index >= 15 is 0 Å². The van der Waals surface area contributed by atoms with Crippen LogP contribution in [0.4, 0.5) is 4.39 Å². The Morgan fingerprint density at radius 3 is 2.91 bits per heavy atom. The summed E-state index contributed by atoms with van der Waals surface area (Å²) in [5, 5.41) is 11.1. The second kappa shape index (κ2) is 6.29. The molecule has 1 aliphatic carbocycles. The minimum atomic E-state index is -0.425. The molecular weight excluding hydrogens is 317 g/mol. The molecule has 1 aromatic carbocycles. The van der Waals surface area contributed by atoms with Gasteiger partial charge in [-0.15, -0.1) is 12.3 Å². The second-order valence-corrected chi connectivity index (χ2v) is 6.48. The highest BCUT2D eigenvalue weighted by atomic mass is 35.5. The highest BCUT2D eigenvalue weighted by molar-refractivity contribution is 6.30. The van der Waals surface area contributed by atoms with Gasteiger partial charge in [0.25, 0.3) is 0 Å². The van der Waals surface area contributed by atoms with Crippen molar-refractivity contribution in [3.05, 3.63) is 34.6 Å². The lowest BCUT2D eigenvalue weighted by Crippen LogP contribution is -2.28. The maximum Gasteiger partial charge on any atom is 0.220 e. The van der Waals surface area contributed by atoms with Crippen molar-refractivity contribution in [1.29, 1.82) is 0 Å². The average molecular weight is 334 g/mol. The summed E-state index contributed by atoms with van der Waals surface area (Å²) < 4.78 is 13.5. The normalized spacial score (nSPS) is 23.2. The third kappa shape index (κ3) is 3.89. The fourth-order valence-corrected chi connectivity index (χ4v) is 2.84. The van der Waals surface area contributed by atoms with Crippen molar-refractivity contribution in [3.63, 3.8) is 0 Å². The van der Waals surface area contributed by atoms with Gasteiger partial charge in [0, 0.05) is 37.6 Å². The first-order valence-electron chi connectivity index (χ1n) is 7.65. The molecule has 0 spiro atoms. The molecule has 0 aromatic heterocycles. The van der Waals surface area contributed by atoms with Gasteiger partial charge in [0.2, 0.25) is 5.91 Å². The molecule has 3 rings (SSSR count). The van der Waals surface area contributed by atoms with Crippen molar-refractivity contribution in [2.45, 2.75) is 49.7 Å². The summed E-state index contributed by atoms with van der Waals surface area (Å²) in [6.07, 6.45) is 8.34.